The summed E-state index contributed by atoms with van der Waals surface area (Å²) in [5, 5.41) is 26.0. The molecule has 17 heteroatoms. The van der Waals surface area contributed by atoms with E-state index in [-0.39, 0.29) is 23.0 Å². The lowest BCUT2D eigenvalue weighted by Crippen LogP contribution is -2.05. The van der Waals surface area contributed by atoms with Crippen LogP contribution in [0.25, 0.3) is 0 Å². The molecule has 0 heterocycles. The zero-order valence-electron chi connectivity index (χ0n) is 20.5. The van der Waals surface area contributed by atoms with Crippen LogP contribution < -0.4 is 10.6 Å². The first-order chi connectivity index (χ1) is 19.6. The molecule has 0 bridgehead atoms. The van der Waals surface area contributed by atoms with E-state index >= 15 is 0 Å². The quantitative estimate of drug-likeness (QED) is 0.0661. The molecule has 2 N–H and O–H groups in total. The van der Waals surface area contributed by atoms with Gasteiger partial charge in [-0.1, -0.05) is 0 Å². The zero-order chi connectivity index (χ0) is 31.5. The number of hydrogen-bond acceptors (Lipinski definition) is 6. The average Bonchev–Trinajstić information content (AvgIpc) is 2.88. The smallest absolute Gasteiger partial charge is 0.331 e. The second-order valence-corrected chi connectivity index (χ2v) is 10.6. The topological polar surface area (TPSA) is 110 Å². The van der Waals surface area contributed by atoms with E-state index in [9.17, 15) is 51.0 Å². The van der Waals surface area contributed by atoms with Gasteiger partial charge in [0.15, 0.2) is 28.8 Å². The fourth-order valence-electron chi connectivity index (χ4n) is 3.36. The van der Waals surface area contributed by atoms with Gasteiger partial charge >= 0.3 is 11.4 Å². The number of halogens is 9. The van der Waals surface area contributed by atoms with E-state index in [4.69, 9.17) is 0 Å². The van der Waals surface area contributed by atoms with E-state index in [1.165, 1.54) is 37.3 Å². The maximum Gasteiger partial charge on any atom is 0.331 e. The molecular formula is C25H13F7I2N4O4. The summed E-state index contributed by atoms with van der Waals surface area (Å²) in [4.78, 5) is 19.4. The largest absolute Gasteiger partial charge is 0.345 e. The third-order valence-electron chi connectivity index (χ3n) is 5.26. The Kier molecular flexibility index (Phi) is 10.5. The Morgan fingerprint density at radius 3 is 1.40 bits per heavy atom. The van der Waals surface area contributed by atoms with Crippen molar-refractivity contribution in [3.63, 3.8) is 0 Å². The van der Waals surface area contributed by atoms with Gasteiger partial charge in [0.2, 0.25) is 11.6 Å². The molecule has 0 unspecified atom stereocenters. The first kappa shape index (κ1) is 32.8. The summed E-state index contributed by atoms with van der Waals surface area (Å²) < 4.78 is 96.5. The van der Waals surface area contributed by atoms with Crippen molar-refractivity contribution in [3.05, 3.63) is 122 Å². The van der Waals surface area contributed by atoms with E-state index in [0.717, 1.165) is 12.1 Å². The van der Waals surface area contributed by atoms with Crippen LogP contribution in [0.4, 0.5) is 64.9 Å². The third-order valence-corrected chi connectivity index (χ3v) is 6.61. The van der Waals surface area contributed by atoms with Crippen LogP contribution in [0.5, 0.6) is 0 Å². The van der Waals surface area contributed by atoms with Crippen LogP contribution in [0.15, 0.2) is 48.5 Å². The van der Waals surface area contributed by atoms with Gasteiger partial charge in [-0.05, 0) is 100 Å². The van der Waals surface area contributed by atoms with Crippen LogP contribution in [0, 0.1) is 75.0 Å². The number of rotatable bonds is 6. The summed E-state index contributed by atoms with van der Waals surface area (Å²) in [5.41, 5.74) is -4.77. The van der Waals surface area contributed by atoms with E-state index in [1.807, 2.05) is 50.5 Å². The molecule has 8 nitrogen and oxygen atoms in total. The van der Waals surface area contributed by atoms with Crippen molar-refractivity contribution in [2.75, 3.05) is 10.6 Å². The molecule has 0 amide bonds. The summed E-state index contributed by atoms with van der Waals surface area (Å²) >= 11 is 3.70. The van der Waals surface area contributed by atoms with Crippen molar-refractivity contribution in [3.8, 4) is 0 Å². The fourth-order valence-corrected chi connectivity index (χ4v) is 4.27. The average molecular weight is 820 g/mol. The van der Waals surface area contributed by atoms with Gasteiger partial charge < -0.3 is 10.6 Å². The number of nitrogens with zero attached hydrogens (tertiary/aromatic N) is 2. The number of nitro groups is 2. The minimum Gasteiger partial charge on any atom is -0.345 e. The summed E-state index contributed by atoms with van der Waals surface area (Å²) in [6.07, 6.45) is 0. The Morgan fingerprint density at radius 2 is 1.00 bits per heavy atom. The van der Waals surface area contributed by atoms with Crippen LogP contribution in [0.2, 0.25) is 0 Å². The third kappa shape index (κ3) is 7.36. The molecule has 4 aromatic rings. The van der Waals surface area contributed by atoms with E-state index in [0.29, 0.717) is 7.14 Å². The van der Waals surface area contributed by atoms with Gasteiger partial charge in [-0.25, -0.2) is 22.0 Å². The van der Waals surface area contributed by atoms with Crippen molar-refractivity contribution in [2.45, 2.75) is 6.92 Å². The number of hydrogen-bond donors (Lipinski definition) is 2. The minimum atomic E-state index is -1.67. The predicted octanol–water partition coefficient (Wildman–Crippen LogP) is 9.17. The number of aryl methyl sites for hydroxylation is 1. The second kappa shape index (κ2) is 13.5. The van der Waals surface area contributed by atoms with Gasteiger partial charge in [0.1, 0.15) is 11.6 Å². The molecule has 0 aromatic heterocycles. The van der Waals surface area contributed by atoms with Crippen molar-refractivity contribution in [1.29, 1.82) is 0 Å². The standard InChI is InChI=1S/C13H8F3IN2O2.C12H5F4IN2O2/c1-6-4-9(15)13(19(20)21)12(11(6)16)18-10-3-2-7(17)5-8(10)14;13-6-3-5(17)1-2-9(6)18-11-10(16)7(14)4-8(15)12(11)19(20)21/h2-5,18H,1H3;1-4,18H. The van der Waals surface area contributed by atoms with Crippen LogP contribution in [0.1, 0.15) is 5.56 Å². The van der Waals surface area contributed by atoms with Crippen LogP contribution in [-0.4, -0.2) is 9.85 Å². The fraction of sp³-hybridized carbons (Fsp3) is 0.0400. The van der Waals surface area contributed by atoms with Gasteiger partial charge in [-0.15, -0.1) is 0 Å². The van der Waals surface area contributed by atoms with Crippen molar-refractivity contribution in [1.82, 2.24) is 0 Å². The number of anilines is 4. The Morgan fingerprint density at radius 1 is 0.595 bits per heavy atom. The van der Waals surface area contributed by atoms with Gasteiger partial charge in [0.05, 0.1) is 21.2 Å². The normalized spacial score (nSPS) is 10.5. The second-order valence-electron chi connectivity index (χ2n) is 8.10. The van der Waals surface area contributed by atoms with Crippen LogP contribution in [0.3, 0.4) is 0 Å². The molecule has 4 aromatic carbocycles. The maximum absolute atomic E-state index is 14.0. The minimum absolute atomic E-state index is 0.0585. The van der Waals surface area contributed by atoms with Crippen molar-refractivity contribution >= 4 is 79.3 Å². The molecule has 42 heavy (non-hydrogen) atoms. The Hall–Kier alpha value is -3.75. The molecule has 0 atom stereocenters. The first-order valence-electron chi connectivity index (χ1n) is 11.0. The molecular weight excluding hydrogens is 807 g/mol. The van der Waals surface area contributed by atoms with Gasteiger partial charge in [-0.2, -0.15) is 8.78 Å². The lowest BCUT2D eigenvalue weighted by atomic mass is 10.1. The molecule has 0 fully saturated rings. The number of benzene rings is 4. The highest BCUT2D eigenvalue weighted by molar-refractivity contribution is 14.1. The molecule has 220 valence electrons. The highest BCUT2D eigenvalue weighted by atomic mass is 127. The van der Waals surface area contributed by atoms with Crippen molar-refractivity contribution < 1.29 is 40.6 Å². The van der Waals surface area contributed by atoms with E-state index in [1.54, 1.807) is 0 Å². The molecule has 0 aliphatic carbocycles. The predicted molar refractivity (Wildman–Crippen MR) is 156 cm³/mol. The lowest BCUT2D eigenvalue weighted by Gasteiger charge is -2.11. The lowest BCUT2D eigenvalue weighted by molar-refractivity contribution is -0.386. The molecule has 0 saturated carbocycles. The maximum atomic E-state index is 14.0. The highest BCUT2D eigenvalue weighted by Crippen LogP contribution is 2.37. The Balaban J connectivity index is 0.000000230. The van der Waals surface area contributed by atoms with Gasteiger partial charge in [-0.3, -0.25) is 20.2 Å². The molecule has 0 spiro atoms. The molecule has 0 radical (unpaired) electrons. The summed E-state index contributed by atoms with van der Waals surface area (Å²) in [6.45, 7) is 1.26. The van der Waals surface area contributed by atoms with Crippen LogP contribution in [-0.2, 0) is 0 Å². The van der Waals surface area contributed by atoms with Crippen molar-refractivity contribution in [2.24, 2.45) is 0 Å². The monoisotopic (exact) mass is 820 g/mol. The Labute approximate surface area is 258 Å². The summed E-state index contributed by atoms with van der Waals surface area (Å²) in [7, 11) is 0. The van der Waals surface area contributed by atoms with Crippen LogP contribution >= 0.6 is 45.2 Å². The molecule has 4 rings (SSSR count). The zero-order valence-corrected chi connectivity index (χ0v) is 24.9. The van der Waals surface area contributed by atoms with E-state index < -0.39 is 73.3 Å². The van der Waals surface area contributed by atoms with E-state index in [2.05, 4.69) is 5.32 Å². The molecule has 0 aliphatic heterocycles. The highest BCUT2D eigenvalue weighted by Gasteiger charge is 2.29. The molecule has 0 saturated heterocycles. The Bertz CT molecular complexity index is 1600. The number of nitro benzene ring substituents is 2. The summed E-state index contributed by atoms with van der Waals surface area (Å²) in [5.74, 6) is -8.61. The molecule has 0 aliphatic rings. The van der Waals surface area contributed by atoms with Gasteiger partial charge in [0.25, 0.3) is 0 Å². The van der Waals surface area contributed by atoms with Gasteiger partial charge in [0, 0.05) is 13.2 Å². The number of nitrogens with one attached hydrogen (secondary N) is 2. The summed E-state index contributed by atoms with van der Waals surface area (Å²) in [6, 6.07) is 8.45. The SMILES string of the molecule is Cc1cc(F)c([N+](=O)[O-])c(Nc2ccc(I)cc2F)c1F.O=[N+]([O-])c1c(F)cc(F)c(F)c1Nc1ccc(I)cc1F. The first-order valence-corrected chi connectivity index (χ1v) is 13.2.